The highest BCUT2D eigenvalue weighted by Crippen LogP contribution is 2.18. The zero-order valence-corrected chi connectivity index (χ0v) is 12.6. The van der Waals surface area contributed by atoms with E-state index in [2.05, 4.69) is 26.0 Å². The summed E-state index contributed by atoms with van der Waals surface area (Å²) in [6.45, 7) is -1.70. The lowest BCUT2D eigenvalue weighted by atomic mass is 10.3. The molecule has 6 heteroatoms. The third-order valence-electron chi connectivity index (χ3n) is 2.59. The molecule has 0 unspecified atom stereocenters. The molecule has 0 atom stereocenters. The molecule has 2 rings (SSSR count). The molecule has 0 aliphatic rings. The molecule has 2 aromatic carbocycles. The molecule has 0 radical (unpaired) electrons. The van der Waals surface area contributed by atoms with Gasteiger partial charge in [-0.3, -0.25) is 0 Å². The maximum Gasteiger partial charge on any atom is 0.387 e. The van der Waals surface area contributed by atoms with Crippen LogP contribution in [0.25, 0.3) is 0 Å². The Hall–Kier alpha value is -1.82. The van der Waals surface area contributed by atoms with E-state index in [-0.39, 0.29) is 5.75 Å². The molecule has 0 saturated carbocycles. The Morgan fingerprint density at radius 2 is 1.57 bits per heavy atom. The molecular weight excluding hydrogens is 344 g/mol. The number of benzene rings is 2. The Morgan fingerprint density at radius 1 is 0.952 bits per heavy atom. The Labute approximate surface area is 130 Å². The van der Waals surface area contributed by atoms with Gasteiger partial charge in [0.1, 0.15) is 18.1 Å². The molecule has 0 aliphatic heterocycles. The maximum absolute atomic E-state index is 12.0. The summed E-state index contributed by atoms with van der Waals surface area (Å²) in [6, 6.07) is 13.9. The normalized spacial score (nSPS) is 10.5. The quantitative estimate of drug-likeness (QED) is 0.737. The second-order valence-electron chi connectivity index (χ2n) is 4.13. The first-order valence-corrected chi connectivity index (χ1v) is 7.10. The summed E-state index contributed by atoms with van der Waals surface area (Å²) in [5.41, 5.74) is 0.816. The van der Waals surface area contributed by atoms with E-state index in [0.717, 1.165) is 15.9 Å². The predicted octanol–water partition coefficient (Wildman–Crippen LogP) is 4.54. The second kappa shape index (κ2) is 7.83. The van der Waals surface area contributed by atoms with Gasteiger partial charge in [-0.1, -0.05) is 15.9 Å². The number of nitrogens with one attached hydrogen (secondary N) is 1. The van der Waals surface area contributed by atoms with Crippen molar-refractivity contribution in [1.29, 1.82) is 0 Å². The Bertz CT molecular complexity index is 547. The van der Waals surface area contributed by atoms with Crippen LogP contribution in [-0.4, -0.2) is 19.8 Å². The van der Waals surface area contributed by atoms with E-state index < -0.39 is 6.61 Å². The van der Waals surface area contributed by atoms with Crippen LogP contribution in [-0.2, 0) is 0 Å². The monoisotopic (exact) mass is 357 g/mol. The summed E-state index contributed by atoms with van der Waals surface area (Å²) in [5, 5.41) is 3.13. The van der Waals surface area contributed by atoms with Gasteiger partial charge in [0.05, 0.1) is 0 Å². The Balaban J connectivity index is 1.72. The lowest BCUT2D eigenvalue weighted by Gasteiger charge is -2.09. The lowest BCUT2D eigenvalue weighted by molar-refractivity contribution is -0.0498. The molecule has 0 heterocycles. The summed E-state index contributed by atoms with van der Waals surface area (Å²) < 4.78 is 34.8. The van der Waals surface area contributed by atoms with Crippen molar-refractivity contribution < 1.29 is 18.3 Å². The van der Waals surface area contributed by atoms with Crippen LogP contribution in [0.3, 0.4) is 0 Å². The van der Waals surface area contributed by atoms with E-state index in [0.29, 0.717) is 13.2 Å². The summed E-state index contributed by atoms with van der Waals surface area (Å²) in [5.74, 6) is 0.933. The number of halogens is 3. The van der Waals surface area contributed by atoms with Crippen molar-refractivity contribution in [2.75, 3.05) is 18.5 Å². The molecule has 0 aromatic heterocycles. The largest absolute Gasteiger partial charge is 0.492 e. The van der Waals surface area contributed by atoms with Gasteiger partial charge < -0.3 is 14.8 Å². The van der Waals surface area contributed by atoms with Crippen molar-refractivity contribution in [3.05, 3.63) is 53.0 Å². The fraction of sp³-hybridized carbons (Fsp3) is 0.200. The summed E-state index contributed by atoms with van der Waals surface area (Å²) in [4.78, 5) is 0. The highest BCUT2D eigenvalue weighted by molar-refractivity contribution is 9.10. The predicted molar refractivity (Wildman–Crippen MR) is 81.2 cm³/mol. The Kier molecular flexibility index (Phi) is 5.80. The average molecular weight is 358 g/mol. The molecule has 0 fully saturated rings. The number of anilines is 1. The summed E-state index contributed by atoms with van der Waals surface area (Å²) in [7, 11) is 0. The standard InChI is InChI=1S/C15H14BrF2NO2/c16-11-1-5-13(6-2-11)20-10-9-19-12-3-7-14(8-4-12)21-15(17)18/h1-8,15,19H,9-10H2. The van der Waals surface area contributed by atoms with Crippen LogP contribution in [0.15, 0.2) is 53.0 Å². The number of hydrogen-bond acceptors (Lipinski definition) is 3. The highest BCUT2D eigenvalue weighted by atomic mass is 79.9. The van der Waals surface area contributed by atoms with E-state index in [4.69, 9.17) is 4.74 Å². The minimum Gasteiger partial charge on any atom is -0.492 e. The second-order valence-corrected chi connectivity index (χ2v) is 5.05. The van der Waals surface area contributed by atoms with E-state index in [9.17, 15) is 8.78 Å². The third kappa shape index (κ3) is 5.59. The van der Waals surface area contributed by atoms with Gasteiger partial charge in [-0.25, -0.2) is 0 Å². The van der Waals surface area contributed by atoms with E-state index >= 15 is 0 Å². The van der Waals surface area contributed by atoms with Crippen LogP contribution in [0.4, 0.5) is 14.5 Å². The van der Waals surface area contributed by atoms with Crippen LogP contribution < -0.4 is 14.8 Å². The molecule has 112 valence electrons. The fourth-order valence-electron chi connectivity index (χ4n) is 1.65. The van der Waals surface area contributed by atoms with Gasteiger partial charge in [0.15, 0.2) is 0 Å². The minimum atomic E-state index is -2.80. The molecule has 0 aliphatic carbocycles. The molecular formula is C15H14BrF2NO2. The molecule has 2 aromatic rings. The highest BCUT2D eigenvalue weighted by Gasteiger charge is 2.03. The zero-order chi connectivity index (χ0) is 15.1. The van der Waals surface area contributed by atoms with Crippen LogP contribution in [0, 0.1) is 0 Å². The lowest BCUT2D eigenvalue weighted by Crippen LogP contribution is -2.11. The summed E-state index contributed by atoms with van der Waals surface area (Å²) >= 11 is 3.35. The van der Waals surface area contributed by atoms with Gasteiger partial charge in [-0.15, -0.1) is 0 Å². The molecule has 21 heavy (non-hydrogen) atoms. The number of rotatable bonds is 7. The van der Waals surface area contributed by atoms with Gasteiger partial charge in [-0.05, 0) is 48.5 Å². The SMILES string of the molecule is FC(F)Oc1ccc(NCCOc2ccc(Br)cc2)cc1. The minimum absolute atomic E-state index is 0.140. The molecule has 0 amide bonds. The van der Waals surface area contributed by atoms with Gasteiger partial charge in [-0.2, -0.15) is 8.78 Å². The van der Waals surface area contributed by atoms with Crippen LogP contribution in [0.5, 0.6) is 11.5 Å². The van der Waals surface area contributed by atoms with Crippen molar-refractivity contribution in [2.24, 2.45) is 0 Å². The van der Waals surface area contributed by atoms with Crippen molar-refractivity contribution in [3.63, 3.8) is 0 Å². The van der Waals surface area contributed by atoms with Crippen LogP contribution in [0.2, 0.25) is 0 Å². The average Bonchev–Trinajstić information content (AvgIpc) is 2.46. The first kappa shape index (κ1) is 15.6. The smallest absolute Gasteiger partial charge is 0.387 e. The van der Waals surface area contributed by atoms with Crippen LogP contribution >= 0.6 is 15.9 Å². The van der Waals surface area contributed by atoms with Gasteiger partial charge in [0.2, 0.25) is 0 Å². The van der Waals surface area contributed by atoms with E-state index in [1.807, 2.05) is 24.3 Å². The van der Waals surface area contributed by atoms with Crippen molar-refractivity contribution in [1.82, 2.24) is 0 Å². The molecule has 0 saturated heterocycles. The van der Waals surface area contributed by atoms with E-state index in [1.54, 1.807) is 12.1 Å². The summed E-state index contributed by atoms with van der Waals surface area (Å²) in [6.07, 6.45) is 0. The van der Waals surface area contributed by atoms with Crippen molar-refractivity contribution in [2.45, 2.75) is 6.61 Å². The van der Waals surface area contributed by atoms with Crippen LogP contribution in [0.1, 0.15) is 0 Å². The first-order valence-electron chi connectivity index (χ1n) is 6.30. The Morgan fingerprint density at radius 3 is 2.19 bits per heavy atom. The maximum atomic E-state index is 12.0. The molecule has 1 N–H and O–H groups in total. The third-order valence-corrected chi connectivity index (χ3v) is 3.12. The van der Waals surface area contributed by atoms with Gasteiger partial charge in [0, 0.05) is 16.7 Å². The van der Waals surface area contributed by atoms with Gasteiger partial charge in [0.25, 0.3) is 0 Å². The van der Waals surface area contributed by atoms with Crippen molar-refractivity contribution >= 4 is 21.6 Å². The fourth-order valence-corrected chi connectivity index (χ4v) is 1.91. The van der Waals surface area contributed by atoms with Gasteiger partial charge >= 0.3 is 6.61 Å². The van der Waals surface area contributed by atoms with Crippen molar-refractivity contribution in [3.8, 4) is 11.5 Å². The number of alkyl halides is 2. The topological polar surface area (TPSA) is 30.5 Å². The number of hydrogen-bond donors (Lipinski definition) is 1. The molecule has 3 nitrogen and oxygen atoms in total. The zero-order valence-electron chi connectivity index (χ0n) is 11.1. The first-order chi connectivity index (χ1) is 10.1. The van der Waals surface area contributed by atoms with E-state index in [1.165, 1.54) is 12.1 Å². The molecule has 0 spiro atoms. The number of ether oxygens (including phenoxy) is 2. The molecule has 0 bridgehead atoms.